The van der Waals surface area contributed by atoms with Crippen LogP contribution in [0.1, 0.15) is 27.2 Å². The number of ketones is 1. The zero-order valence-electron chi connectivity index (χ0n) is 20.2. The molecule has 1 N–H and O–H groups in total. The molecule has 3 heterocycles. The molecule has 3 aliphatic heterocycles. The van der Waals surface area contributed by atoms with Crippen molar-refractivity contribution in [3.63, 3.8) is 0 Å². The van der Waals surface area contributed by atoms with E-state index in [9.17, 15) is 23.7 Å². The van der Waals surface area contributed by atoms with E-state index in [0.29, 0.717) is 0 Å². The molecule has 0 spiro atoms. The molecule has 12 nitrogen and oxygen atoms in total. The largest absolute Gasteiger partial charge is 0.459 e. The minimum Gasteiger partial charge on any atom is -0.453 e. The maximum atomic E-state index is 16.2. The van der Waals surface area contributed by atoms with Gasteiger partial charge >= 0.3 is 19.7 Å². The number of hydrogen-bond donors (Lipinski definition) is 1. The Morgan fingerprint density at radius 1 is 1.11 bits per heavy atom. The van der Waals surface area contributed by atoms with E-state index in [4.69, 9.17) is 23.3 Å². The molecule has 0 unspecified atom stereocenters. The summed E-state index contributed by atoms with van der Waals surface area (Å²) in [4.78, 5) is 50.1. The fourth-order valence-corrected chi connectivity index (χ4v) is 5.50. The maximum absolute atomic E-state index is 16.2. The predicted octanol–water partition coefficient (Wildman–Crippen LogP) is 1.79. The van der Waals surface area contributed by atoms with Crippen molar-refractivity contribution < 1.29 is 51.4 Å². The van der Waals surface area contributed by atoms with Crippen LogP contribution in [0.4, 0.5) is 4.39 Å². The van der Waals surface area contributed by atoms with Crippen LogP contribution in [0.25, 0.3) is 0 Å². The molecule has 4 rings (SSSR count). The average Bonchev–Trinajstić information content (AvgIpc) is 3.07. The van der Waals surface area contributed by atoms with Crippen molar-refractivity contribution in [1.82, 2.24) is 9.99 Å². The number of nitrogens with zero attached hydrogens (tertiary/aromatic N) is 1. The van der Waals surface area contributed by atoms with Gasteiger partial charge in [-0.1, -0.05) is 18.2 Å². The van der Waals surface area contributed by atoms with Crippen molar-refractivity contribution >= 4 is 31.4 Å². The van der Waals surface area contributed by atoms with Crippen molar-refractivity contribution in [3.05, 3.63) is 42.6 Å². The summed E-state index contributed by atoms with van der Waals surface area (Å²) in [7, 11) is -4.31. The highest BCUT2D eigenvalue weighted by Gasteiger charge is 2.60. The number of amides is 1. The van der Waals surface area contributed by atoms with E-state index >= 15 is 4.39 Å². The number of benzene rings is 1. The van der Waals surface area contributed by atoms with E-state index in [-0.39, 0.29) is 5.75 Å². The first-order valence-electron chi connectivity index (χ1n) is 11.4. The lowest BCUT2D eigenvalue weighted by Gasteiger charge is -2.34. The van der Waals surface area contributed by atoms with Crippen LogP contribution in [0.3, 0.4) is 0 Å². The van der Waals surface area contributed by atoms with Crippen LogP contribution in [-0.4, -0.2) is 71.4 Å². The molecule has 0 aliphatic carbocycles. The number of ether oxygens (including phenoxy) is 3. The van der Waals surface area contributed by atoms with Crippen LogP contribution in [-0.2, 0) is 42.5 Å². The first kappa shape index (κ1) is 26.9. The number of allylic oxidation sites excluding steroid dienone is 1. The highest BCUT2D eigenvalue weighted by molar-refractivity contribution is 7.52. The zero-order chi connectivity index (χ0) is 27.0. The third-order valence-electron chi connectivity index (χ3n) is 5.92. The summed E-state index contributed by atoms with van der Waals surface area (Å²) in [6.45, 7) is 2.99. The predicted molar refractivity (Wildman–Crippen MR) is 122 cm³/mol. The van der Waals surface area contributed by atoms with E-state index in [1.54, 1.807) is 18.2 Å². The quantitative estimate of drug-likeness (QED) is 0.340. The molecule has 0 bridgehead atoms. The number of carbonyl (C=O) groups excluding carboxylic acids is 4. The molecular formula is C23H26FN2O10P. The number of nitrogens with one attached hydrogen (secondary N) is 1. The molecule has 2 saturated heterocycles. The van der Waals surface area contributed by atoms with Gasteiger partial charge in [-0.05, 0) is 39.0 Å². The third-order valence-corrected chi connectivity index (χ3v) is 7.56. The smallest absolute Gasteiger partial charge is 0.453 e. The van der Waals surface area contributed by atoms with Gasteiger partial charge in [0.25, 0.3) is 0 Å². The minimum atomic E-state index is -4.31. The first-order valence-corrected chi connectivity index (χ1v) is 13.0. The van der Waals surface area contributed by atoms with Crippen LogP contribution in [0, 0.1) is 0 Å². The molecule has 2 fully saturated rings. The average molecular weight is 540 g/mol. The van der Waals surface area contributed by atoms with Crippen LogP contribution >= 0.6 is 7.75 Å². The van der Waals surface area contributed by atoms with Gasteiger partial charge < -0.3 is 18.7 Å². The second kappa shape index (κ2) is 10.3. The van der Waals surface area contributed by atoms with E-state index in [1.807, 2.05) is 0 Å². The van der Waals surface area contributed by atoms with Crippen LogP contribution < -0.4 is 9.61 Å². The van der Waals surface area contributed by atoms with Crippen molar-refractivity contribution in [2.24, 2.45) is 0 Å². The number of esters is 2. The summed E-state index contributed by atoms with van der Waals surface area (Å²) in [5.41, 5.74) is -2.51. The Morgan fingerprint density at radius 3 is 2.49 bits per heavy atom. The van der Waals surface area contributed by atoms with Crippen LogP contribution in [0.5, 0.6) is 5.75 Å². The molecule has 1 amide bonds. The Morgan fingerprint density at radius 2 is 1.81 bits per heavy atom. The van der Waals surface area contributed by atoms with Crippen molar-refractivity contribution in [2.75, 3.05) is 6.61 Å². The van der Waals surface area contributed by atoms with E-state index in [2.05, 4.69) is 5.09 Å². The number of para-hydroxylation sites is 1. The summed E-state index contributed by atoms with van der Waals surface area (Å²) < 4.78 is 57.1. The number of halogens is 1. The second-order valence-electron chi connectivity index (χ2n) is 8.92. The fraction of sp³-hybridized carbons (Fsp3) is 0.478. The van der Waals surface area contributed by atoms with Crippen LogP contribution in [0.2, 0.25) is 0 Å². The normalized spacial score (nSPS) is 37.2. The van der Waals surface area contributed by atoms with Gasteiger partial charge in [0, 0.05) is 6.20 Å². The second-order valence-corrected chi connectivity index (χ2v) is 10.6. The molecule has 1 aromatic carbocycles. The van der Waals surface area contributed by atoms with Crippen molar-refractivity contribution in [3.8, 4) is 5.75 Å². The molecule has 200 valence electrons. The minimum absolute atomic E-state index is 0.150. The highest BCUT2D eigenvalue weighted by Crippen LogP contribution is 2.47. The number of fused-ring (bicyclic) bond motifs is 1. The lowest BCUT2D eigenvalue weighted by atomic mass is 9.97. The van der Waals surface area contributed by atoms with Crippen molar-refractivity contribution in [2.45, 2.75) is 63.4 Å². The number of hydrogen-bond acceptors (Lipinski definition) is 10. The molecule has 14 heteroatoms. The van der Waals surface area contributed by atoms with Gasteiger partial charge in [0.15, 0.2) is 29.9 Å². The van der Waals surface area contributed by atoms with Crippen LogP contribution in [0.15, 0.2) is 42.6 Å². The molecule has 0 radical (unpaired) electrons. The van der Waals surface area contributed by atoms with E-state index < -0.39 is 80.7 Å². The standard InChI is InChI=1S/C23H26FN2O10P/c1-13-20(29)33-14(2)21(30)35-19-17(12-32-37(31,25-13)36-16-7-5-4-6-8-16)34-22(23(19,3)24)26-10-9-15(27)11-18(26)28/h4-10,13-14,17,19,22H,11-12H2,1-3H3,(H,25,31)/t13-,14-,17+,19+,22+,23+,37+/m0/s1. The topological polar surface area (TPSA) is 147 Å². The third kappa shape index (κ3) is 5.74. The van der Waals surface area contributed by atoms with Gasteiger partial charge in [-0.3, -0.25) is 23.8 Å². The summed E-state index contributed by atoms with van der Waals surface area (Å²) in [6, 6.07) is 6.73. The van der Waals surface area contributed by atoms with Gasteiger partial charge in [0.05, 0.1) is 13.0 Å². The maximum Gasteiger partial charge on any atom is 0.459 e. The molecule has 7 atom stereocenters. The fourth-order valence-electron chi connectivity index (χ4n) is 4.00. The molecule has 0 aromatic heterocycles. The van der Waals surface area contributed by atoms with Gasteiger partial charge in [-0.15, -0.1) is 0 Å². The zero-order valence-corrected chi connectivity index (χ0v) is 21.1. The summed E-state index contributed by atoms with van der Waals surface area (Å²) in [5, 5.41) is 2.45. The van der Waals surface area contributed by atoms with Gasteiger partial charge in [-0.25, -0.2) is 13.8 Å². The summed E-state index contributed by atoms with van der Waals surface area (Å²) in [5.74, 6) is -3.06. The van der Waals surface area contributed by atoms with Gasteiger partial charge in [0.1, 0.15) is 17.9 Å². The summed E-state index contributed by atoms with van der Waals surface area (Å²) >= 11 is 0. The lowest BCUT2D eigenvalue weighted by Crippen LogP contribution is -2.53. The van der Waals surface area contributed by atoms with Crippen molar-refractivity contribution in [1.29, 1.82) is 0 Å². The molecule has 37 heavy (non-hydrogen) atoms. The number of alkyl halides is 1. The Labute approximate surface area is 211 Å². The number of rotatable bonds is 3. The number of cyclic esters (lactones) is 1. The Hall–Kier alpha value is -3.12. The monoisotopic (exact) mass is 540 g/mol. The SMILES string of the molecule is C[C@@H]1N[P@](=O)(Oc2ccccc2)OC[C@H]2O[C@@H](N3C=CC(=O)CC3=O)[C@](C)(F)[C@@H]2OC(=O)[C@H](C)OC1=O. The Kier molecular flexibility index (Phi) is 7.52. The highest BCUT2D eigenvalue weighted by atomic mass is 31.2. The van der Waals surface area contributed by atoms with Gasteiger partial charge in [0.2, 0.25) is 5.91 Å². The number of carbonyl (C=O) groups is 4. The van der Waals surface area contributed by atoms with E-state index in [1.165, 1.54) is 26.0 Å². The molecule has 3 aliphatic rings. The Bertz CT molecular complexity index is 1160. The van der Waals surface area contributed by atoms with Gasteiger partial charge in [-0.2, -0.15) is 5.09 Å². The summed E-state index contributed by atoms with van der Waals surface area (Å²) in [6.07, 6.45) is -4.40. The molecule has 0 saturated carbocycles. The molecule has 1 aromatic rings. The lowest BCUT2D eigenvalue weighted by molar-refractivity contribution is -0.177. The van der Waals surface area contributed by atoms with E-state index in [0.717, 1.165) is 24.1 Å². The first-order chi connectivity index (χ1) is 17.4. The Balaban J connectivity index is 1.67. The molecular weight excluding hydrogens is 514 g/mol.